The monoisotopic (exact) mass is 279 g/mol. The smallest absolute Gasteiger partial charge is 0.252 e. The van der Waals surface area contributed by atoms with E-state index in [0.717, 1.165) is 6.42 Å². The van der Waals surface area contributed by atoms with Gasteiger partial charge in [-0.25, -0.2) is 4.98 Å². The van der Waals surface area contributed by atoms with Crippen LogP contribution in [0.2, 0.25) is 0 Å². The number of primary amides is 1. The number of nitrogens with zero attached hydrogens (tertiary/aromatic N) is 1. The number of carbonyl (C=O) groups is 2. The van der Waals surface area contributed by atoms with Crippen LogP contribution in [0.15, 0.2) is 12.3 Å². The van der Waals surface area contributed by atoms with E-state index in [-0.39, 0.29) is 23.9 Å². The zero-order chi connectivity index (χ0) is 15.1. The molecule has 0 bridgehead atoms. The number of rotatable bonds is 7. The molecular weight excluding hydrogens is 258 g/mol. The molecule has 0 fully saturated rings. The number of hydrogen-bond donors (Lipinski definition) is 4. The first kappa shape index (κ1) is 15.7. The second-order valence-electron chi connectivity index (χ2n) is 4.58. The molecule has 0 spiro atoms. The Labute approximate surface area is 118 Å². The molecule has 0 aromatic carbocycles. The van der Waals surface area contributed by atoms with Gasteiger partial charge in [-0.05, 0) is 19.4 Å². The number of anilines is 2. The highest BCUT2D eigenvalue weighted by molar-refractivity contribution is 5.98. The van der Waals surface area contributed by atoms with Crippen LogP contribution in [0, 0.1) is 0 Å². The summed E-state index contributed by atoms with van der Waals surface area (Å²) in [6.07, 6.45) is 2.59. The van der Waals surface area contributed by atoms with Gasteiger partial charge in [-0.15, -0.1) is 0 Å². The predicted molar refractivity (Wildman–Crippen MR) is 78.2 cm³/mol. The fourth-order valence-corrected chi connectivity index (χ4v) is 1.55. The SMILES string of the molecule is CCC(C)NC(=O)CCNc1ncc(N)cc1C(N)=O. The Morgan fingerprint density at radius 1 is 1.45 bits per heavy atom. The van der Waals surface area contributed by atoms with Crippen molar-refractivity contribution in [2.75, 3.05) is 17.6 Å². The lowest BCUT2D eigenvalue weighted by Gasteiger charge is -2.12. The van der Waals surface area contributed by atoms with Crippen molar-refractivity contribution < 1.29 is 9.59 Å². The molecule has 1 aromatic rings. The zero-order valence-corrected chi connectivity index (χ0v) is 11.8. The van der Waals surface area contributed by atoms with Gasteiger partial charge in [0.05, 0.1) is 17.4 Å². The van der Waals surface area contributed by atoms with Gasteiger partial charge < -0.3 is 22.1 Å². The van der Waals surface area contributed by atoms with Crippen molar-refractivity contribution in [3.05, 3.63) is 17.8 Å². The number of hydrogen-bond acceptors (Lipinski definition) is 5. The van der Waals surface area contributed by atoms with Gasteiger partial charge in [0, 0.05) is 19.0 Å². The molecule has 1 atom stereocenters. The molecule has 7 nitrogen and oxygen atoms in total. The van der Waals surface area contributed by atoms with Crippen molar-refractivity contribution in [1.82, 2.24) is 10.3 Å². The van der Waals surface area contributed by atoms with Crippen molar-refractivity contribution in [2.45, 2.75) is 32.7 Å². The number of nitrogen functional groups attached to an aromatic ring is 1. The molecule has 7 heteroatoms. The average molecular weight is 279 g/mol. The Balaban J connectivity index is 2.54. The molecule has 1 aromatic heterocycles. The minimum Gasteiger partial charge on any atom is -0.397 e. The van der Waals surface area contributed by atoms with E-state index in [1.165, 1.54) is 12.3 Å². The summed E-state index contributed by atoms with van der Waals surface area (Å²) in [5.74, 6) is -0.331. The number of carbonyl (C=O) groups excluding carboxylic acids is 2. The normalized spacial score (nSPS) is 11.7. The van der Waals surface area contributed by atoms with Gasteiger partial charge in [-0.1, -0.05) is 6.92 Å². The van der Waals surface area contributed by atoms with Gasteiger partial charge in [0.1, 0.15) is 5.82 Å². The summed E-state index contributed by atoms with van der Waals surface area (Å²) < 4.78 is 0. The Kier molecular flexibility index (Phi) is 5.76. The number of nitrogens with one attached hydrogen (secondary N) is 2. The highest BCUT2D eigenvalue weighted by Gasteiger charge is 2.11. The molecule has 110 valence electrons. The third-order valence-corrected chi connectivity index (χ3v) is 2.84. The van der Waals surface area contributed by atoms with Crippen LogP contribution in [0.25, 0.3) is 0 Å². The maximum absolute atomic E-state index is 11.6. The second kappa shape index (κ2) is 7.32. The fourth-order valence-electron chi connectivity index (χ4n) is 1.55. The molecule has 0 aliphatic rings. The van der Waals surface area contributed by atoms with Crippen LogP contribution in [-0.2, 0) is 4.79 Å². The van der Waals surface area contributed by atoms with Gasteiger partial charge in [0.15, 0.2) is 0 Å². The van der Waals surface area contributed by atoms with Gasteiger partial charge in [0.25, 0.3) is 5.91 Å². The van der Waals surface area contributed by atoms with Gasteiger partial charge in [0.2, 0.25) is 5.91 Å². The Bertz CT molecular complexity index is 490. The second-order valence-corrected chi connectivity index (χ2v) is 4.58. The highest BCUT2D eigenvalue weighted by atomic mass is 16.2. The molecular formula is C13H21N5O2. The van der Waals surface area contributed by atoms with Crippen LogP contribution in [-0.4, -0.2) is 29.4 Å². The van der Waals surface area contributed by atoms with E-state index < -0.39 is 5.91 Å². The Morgan fingerprint density at radius 3 is 2.75 bits per heavy atom. The first-order valence-corrected chi connectivity index (χ1v) is 6.52. The van der Waals surface area contributed by atoms with E-state index >= 15 is 0 Å². The van der Waals surface area contributed by atoms with Crippen LogP contribution in [0.4, 0.5) is 11.5 Å². The lowest BCUT2D eigenvalue weighted by atomic mass is 10.2. The highest BCUT2D eigenvalue weighted by Crippen LogP contribution is 2.14. The van der Waals surface area contributed by atoms with E-state index in [0.29, 0.717) is 18.1 Å². The minimum absolute atomic E-state index is 0.0529. The van der Waals surface area contributed by atoms with Crippen LogP contribution < -0.4 is 22.1 Å². The average Bonchev–Trinajstić information content (AvgIpc) is 2.39. The van der Waals surface area contributed by atoms with Crippen molar-refractivity contribution in [3.63, 3.8) is 0 Å². The van der Waals surface area contributed by atoms with Crippen LogP contribution >= 0.6 is 0 Å². The molecule has 1 heterocycles. The third-order valence-electron chi connectivity index (χ3n) is 2.84. The molecule has 2 amide bonds. The molecule has 20 heavy (non-hydrogen) atoms. The maximum atomic E-state index is 11.6. The van der Waals surface area contributed by atoms with E-state index in [1.807, 2.05) is 13.8 Å². The summed E-state index contributed by atoms with van der Waals surface area (Å²) in [5.41, 5.74) is 11.4. The molecule has 1 rings (SSSR count). The molecule has 0 saturated heterocycles. The zero-order valence-electron chi connectivity index (χ0n) is 11.8. The van der Waals surface area contributed by atoms with E-state index in [2.05, 4.69) is 15.6 Å². The quantitative estimate of drug-likeness (QED) is 0.578. The summed E-state index contributed by atoms with van der Waals surface area (Å²) in [7, 11) is 0. The standard InChI is InChI=1S/C13H21N5O2/c1-3-8(2)18-11(19)4-5-16-13-10(12(15)20)6-9(14)7-17-13/h6-8H,3-5,14H2,1-2H3,(H2,15,20)(H,16,17)(H,18,19). The van der Waals surface area contributed by atoms with E-state index in [9.17, 15) is 9.59 Å². The molecule has 1 unspecified atom stereocenters. The van der Waals surface area contributed by atoms with Crippen molar-refractivity contribution in [3.8, 4) is 0 Å². The number of aromatic nitrogens is 1. The summed E-state index contributed by atoms with van der Waals surface area (Å²) >= 11 is 0. The summed E-state index contributed by atoms with van der Waals surface area (Å²) in [6.45, 7) is 4.30. The van der Waals surface area contributed by atoms with Crippen LogP contribution in [0.5, 0.6) is 0 Å². The molecule has 6 N–H and O–H groups in total. The topological polar surface area (TPSA) is 123 Å². The van der Waals surface area contributed by atoms with Gasteiger partial charge in [-0.2, -0.15) is 0 Å². The molecule has 0 aliphatic carbocycles. The molecule has 0 saturated carbocycles. The van der Waals surface area contributed by atoms with Crippen molar-refractivity contribution in [2.24, 2.45) is 5.73 Å². The maximum Gasteiger partial charge on any atom is 0.252 e. The lowest BCUT2D eigenvalue weighted by molar-refractivity contribution is -0.121. The summed E-state index contributed by atoms with van der Waals surface area (Å²) in [6, 6.07) is 1.61. The molecule has 0 aliphatic heterocycles. The largest absolute Gasteiger partial charge is 0.397 e. The summed E-state index contributed by atoms with van der Waals surface area (Å²) in [5, 5.41) is 5.77. The summed E-state index contributed by atoms with van der Waals surface area (Å²) in [4.78, 5) is 26.9. The first-order valence-electron chi connectivity index (χ1n) is 6.52. The van der Waals surface area contributed by atoms with Gasteiger partial charge in [-0.3, -0.25) is 9.59 Å². The van der Waals surface area contributed by atoms with E-state index in [1.54, 1.807) is 0 Å². The first-order chi connectivity index (χ1) is 9.43. The van der Waals surface area contributed by atoms with E-state index in [4.69, 9.17) is 11.5 Å². The van der Waals surface area contributed by atoms with Gasteiger partial charge >= 0.3 is 0 Å². The van der Waals surface area contributed by atoms with Crippen LogP contribution in [0.1, 0.15) is 37.0 Å². The van der Waals surface area contributed by atoms with Crippen LogP contribution in [0.3, 0.4) is 0 Å². The lowest BCUT2D eigenvalue weighted by Crippen LogP contribution is -2.33. The van der Waals surface area contributed by atoms with Crippen molar-refractivity contribution >= 4 is 23.3 Å². The fraction of sp³-hybridized carbons (Fsp3) is 0.462. The van der Waals surface area contributed by atoms with Crippen molar-refractivity contribution in [1.29, 1.82) is 0 Å². The number of nitrogens with two attached hydrogens (primary N) is 2. The predicted octanol–water partition coefficient (Wildman–Crippen LogP) is 0.479. The third kappa shape index (κ3) is 4.75. The Hall–Kier alpha value is -2.31. The Morgan fingerprint density at radius 2 is 2.15 bits per heavy atom. The number of pyridine rings is 1. The molecule has 0 radical (unpaired) electrons. The minimum atomic E-state index is -0.614. The number of amides is 2.